The second kappa shape index (κ2) is 7.54. The number of aliphatic hydroxyl groups excluding tert-OH is 1. The van der Waals surface area contributed by atoms with E-state index in [2.05, 4.69) is 11.8 Å². The smallest absolute Gasteiger partial charge is 0.0606 e. The summed E-state index contributed by atoms with van der Waals surface area (Å²) in [6, 6.07) is 5.79. The van der Waals surface area contributed by atoms with Crippen LogP contribution in [0.5, 0.6) is 0 Å². The molecule has 0 fully saturated rings. The summed E-state index contributed by atoms with van der Waals surface area (Å²) in [5.41, 5.74) is 7.74. The van der Waals surface area contributed by atoms with Crippen molar-refractivity contribution in [2.75, 3.05) is 24.6 Å². The largest absolute Gasteiger partial charge is 0.395 e. The van der Waals surface area contributed by atoms with Crippen LogP contribution in [0.2, 0.25) is 5.02 Å². The SMILES string of the molecule is CCCCN(CCO)c1cccc(Cl)c1CN. The van der Waals surface area contributed by atoms with Crippen LogP contribution in [0.15, 0.2) is 18.2 Å². The molecule has 0 aliphatic carbocycles. The van der Waals surface area contributed by atoms with Crippen molar-refractivity contribution in [3.8, 4) is 0 Å². The molecule has 0 spiro atoms. The maximum atomic E-state index is 9.12. The lowest BCUT2D eigenvalue weighted by Gasteiger charge is -2.26. The van der Waals surface area contributed by atoms with Gasteiger partial charge in [0.05, 0.1) is 6.61 Å². The second-order valence-corrected chi connectivity index (χ2v) is 4.41. The van der Waals surface area contributed by atoms with Crippen molar-refractivity contribution in [1.29, 1.82) is 0 Å². The lowest BCUT2D eigenvalue weighted by Crippen LogP contribution is -2.29. The normalized spacial score (nSPS) is 10.6. The van der Waals surface area contributed by atoms with Crippen LogP contribution >= 0.6 is 11.6 Å². The third-order valence-electron chi connectivity index (χ3n) is 2.79. The van der Waals surface area contributed by atoms with Gasteiger partial charge in [-0.3, -0.25) is 0 Å². The molecular weight excluding hydrogens is 236 g/mol. The average molecular weight is 257 g/mol. The number of anilines is 1. The van der Waals surface area contributed by atoms with E-state index in [-0.39, 0.29) is 6.61 Å². The van der Waals surface area contributed by atoms with Crippen molar-refractivity contribution in [1.82, 2.24) is 0 Å². The Morgan fingerprint density at radius 2 is 2.12 bits per heavy atom. The molecule has 0 amide bonds. The van der Waals surface area contributed by atoms with Gasteiger partial charge in [-0.2, -0.15) is 0 Å². The highest BCUT2D eigenvalue weighted by atomic mass is 35.5. The predicted octanol–water partition coefficient (Wildman–Crippen LogP) is 2.40. The lowest BCUT2D eigenvalue weighted by atomic mass is 10.1. The Morgan fingerprint density at radius 3 is 2.71 bits per heavy atom. The number of benzene rings is 1. The molecule has 1 rings (SSSR count). The van der Waals surface area contributed by atoms with Crippen molar-refractivity contribution < 1.29 is 5.11 Å². The standard InChI is InChI=1S/C13H21ClN2O/c1-2-3-7-16(8-9-17)13-6-4-5-12(14)11(13)10-15/h4-6,17H,2-3,7-10,15H2,1H3. The molecule has 0 heterocycles. The highest BCUT2D eigenvalue weighted by Gasteiger charge is 2.11. The van der Waals surface area contributed by atoms with Gasteiger partial charge in [0.1, 0.15) is 0 Å². The van der Waals surface area contributed by atoms with Crippen LogP contribution in [0, 0.1) is 0 Å². The minimum absolute atomic E-state index is 0.139. The average Bonchev–Trinajstić information content (AvgIpc) is 2.34. The summed E-state index contributed by atoms with van der Waals surface area (Å²) >= 11 is 6.14. The quantitative estimate of drug-likeness (QED) is 0.788. The van der Waals surface area contributed by atoms with Crippen LogP contribution in [0.1, 0.15) is 25.3 Å². The summed E-state index contributed by atoms with van der Waals surface area (Å²) in [4.78, 5) is 2.15. The van der Waals surface area contributed by atoms with Crippen LogP contribution < -0.4 is 10.6 Å². The van der Waals surface area contributed by atoms with Gasteiger partial charge in [0, 0.05) is 35.9 Å². The number of unbranched alkanes of at least 4 members (excludes halogenated alkanes) is 1. The van der Waals surface area contributed by atoms with E-state index in [1.807, 2.05) is 18.2 Å². The maximum Gasteiger partial charge on any atom is 0.0606 e. The fraction of sp³-hybridized carbons (Fsp3) is 0.538. The summed E-state index contributed by atoms with van der Waals surface area (Å²) in [7, 11) is 0. The van der Waals surface area contributed by atoms with Gasteiger partial charge in [-0.1, -0.05) is 31.0 Å². The molecule has 0 saturated carbocycles. The number of rotatable bonds is 7. The van der Waals surface area contributed by atoms with Gasteiger partial charge in [-0.25, -0.2) is 0 Å². The van der Waals surface area contributed by atoms with Crippen LogP contribution in [0.3, 0.4) is 0 Å². The third-order valence-corrected chi connectivity index (χ3v) is 3.14. The second-order valence-electron chi connectivity index (χ2n) is 4.01. The molecule has 4 heteroatoms. The Kier molecular flexibility index (Phi) is 6.34. The van der Waals surface area contributed by atoms with Crippen molar-refractivity contribution in [2.24, 2.45) is 5.73 Å². The van der Waals surface area contributed by atoms with Crippen molar-refractivity contribution in [2.45, 2.75) is 26.3 Å². The molecule has 0 aliphatic rings. The van der Waals surface area contributed by atoms with Gasteiger partial charge in [-0.05, 0) is 18.6 Å². The topological polar surface area (TPSA) is 49.5 Å². The summed E-state index contributed by atoms with van der Waals surface area (Å²) in [6.07, 6.45) is 2.22. The number of nitrogens with zero attached hydrogens (tertiary/aromatic N) is 1. The summed E-state index contributed by atoms with van der Waals surface area (Å²) < 4.78 is 0. The molecule has 0 aliphatic heterocycles. The lowest BCUT2D eigenvalue weighted by molar-refractivity contribution is 0.301. The molecule has 3 nitrogen and oxygen atoms in total. The molecule has 0 radical (unpaired) electrons. The van der Waals surface area contributed by atoms with Gasteiger partial charge < -0.3 is 15.7 Å². The number of hydrogen-bond acceptors (Lipinski definition) is 3. The van der Waals surface area contributed by atoms with Gasteiger partial charge in [0.25, 0.3) is 0 Å². The molecule has 1 aromatic carbocycles. The number of nitrogens with two attached hydrogens (primary N) is 1. The fourth-order valence-corrected chi connectivity index (χ4v) is 2.11. The molecule has 0 unspecified atom stereocenters. The number of halogens is 1. The molecular formula is C13H21ClN2O. The van der Waals surface area contributed by atoms with E-state index in [1.54, 1.807) is 0 Å². The first kappa shape index (κ1) is 14.3. The van der Waals surface area contributed by atoms with Gasteiger partial charge in [0.15, 0.2) is 0 Å². The Morgan fingerprint density at radius 1 is 1.35 bits per heavy atom. The summed E-state index contributed by atoms with van der Waals surface area (Å²) in [6.45, 7) is 4.25. The zero-order valence-corrected chi connectivity index (χ0v) is 11.1. The Bertz CT molecular complexity index is 344. The third kappa shape index (κ3) is 3.87. The minimum Gasteiger partial charge on any atom is -0.395 e. The Balaban J connectivity index is 2.95. The number of hydrogen-bond donors (Lipinski definition) is 2. The molecule has 3 N–H and O–H groups in total. The molecule has 0 saturated heterocycles. The predicted molar refractivity (Wildman–Crippen MR) is 73.6 cm³/mol. The van der Waals surface area contributed by atoms with Crippen LogP contribution in [-0.2, 0) is 6.54 Å². The van der Waals surface area contributed by atoms with Crippen LogP contribution in [0.4, 0.5) is 5.69 Å². The molecule has 96 valence electrons. The van der Waals surface area contributed by atoms with E-state index >= 15 is 0 Å². The van der Waals surface area contributed by atoms with Crippen molar-refractivity contribution in [3.05, 3.63) is 28.8 Å². The molecule has 0 bridgehead atoms. The molecule has 17 heavy (non-hydrogen) atoms. The maximum absolute atomic E-state index is 9.12. The van der Waals surface area contributed by atoms with E-state index in [9.17, 15) is 0 Å². The minimum atomic E-state index is 0.139. The highest BCUT2D eigenvalue weighted by Crippen LogP contribution is 2.27. The van der Waals surface area contributed by atoms with E-state index in [0.29, 0.717) is 18.1 Å². The Labute approximate surface area is 108 Å². The summed E-state index contributed by atoms with van der Waals surface area (Å²) in [5, 5.41) is 9.82. The highest BCUT2D eigenvalue weighted by molar-refractivity contribution is 6.31. The summed E-state index contributed by atoms with van der Waals surface area (Å²) in [5.74, 6) is 0. The first-order valence-corrected chi connectivity index (χ1v) is 6.45. The molecule has 0 atom stereocenters. The zero-order valence-electron chi connectivity index (χ0n) is 10.3. The van der Waals surface area contributed by atoms with Crippen LogP contribution in [0.25, 0.3) is 0 Å². The molecule has 0 aromatic heterocycles. The van der Waals surface area contributed by atoms with Crippen LogP contribution in [-0.4, -0.2) is 24.8 Å². The van der Waals surface area contributed by atoms with Crippen molar-refractivity contribution >= 4 is 17.3 Å². The fourth-order valence-electron chi connectivity index (χ4n) is 1.87. The zero-order chi connectivity index (χ0) is 12.7. The number of aliphatic hydroxyl groups is 1. The van der Waals surface area contributed by atoms with Crippen molar-refractivity contribution in [3.63, 3.8) is 0 Å². The first-order valence-electron chi connectivity index (χ1n) is 6.07. The Hall–Kier alpha value is -0.770. The van der Waals surface area contributed by atoms with E-state index in [1.165, 1.54) is 0 Å². The van der Waals surface area contributed by atoms with Gasteiger partial charge in [0.2, 0.25) is 0 Å². The van der Waals surface area contributed by atoms with E-state index < -0.39 is 0 Å². The van der Waals surface area contributed by atoms with Gasteiger partial charge >= 0.3 is 0 Å². The van der Waals surface area contributed by atoms with Gasteiger partial charge in [-0.15, -0.1) is 0 Å². The van der Waals surface area contributed by atoms with E-state index in [0.717, 1.165) is 30.6 Å². The van der Waals surface area contributed by atoms with E-state index in [4.69, 9.17) is 22.4 Å². The first-order chi connectivity index (χ1) is 8.24. The monoisotopic (exact) mass is 256 g/mol. The molecule has 1 aromatic rings.